The van der Waals surface area contributed by atoms with Crippen LogP contribution in [0, 0.1) is 3.57 Å². The highest BCUT2D eigenvalue weighted by Gasteiger charge is 2.10. The van der Waals surface area contributed by atoms with Gasteiger partial charge in [-0.1, -0.05) is 0 Å². The lowest BCUT2D eigenvalue weighted by atomic mass is 10.3. The van der Waals surface area contributed by atoms with Gasteiger partial charge in [-0.25, -0.2) is 13.6 Å². The molecule has 0 aliphatic carbocycles. The van der Waals surface area contributed by atoms with Gasteiger partial charge in [-0.2, -0.15) is 0 Å². The summed E-state index contributed by atoms with van der Waals surface area (Å²) in [6, 6.07) is 4.48. The van der Waals surface area contributed by atoms with Crippen molar-refractivity contribution in [3.05, 3.63) is 21.8 Å². The van der Waals surface area contributed by atoms with E-state index in [-0.39, 0.29) is 4.90 Å². The molecule has 0 heterocycles. The second kappa shape index (κ2) is 3.81. The summed E-state index contributed by atoms with van der Waals surface area (Å²) >= 11 is 2.04. The molecule has 0 unspecified atom stereocenters. The Hall–Kier alpha value is -0.340. The van der Waals surface area contributed by atoms with Gasteiger partial charge >= 0.3 is 0 Å². The molecule has 0 radical (unpaired) electrons. The van der Waals surface area contributed by atoms with E-state index in [2.05, 4.69) is 0 Å². The number of sulfonamides is 1. The molecule has 0 aliphatic heterocycles. The van der Waals surface area contributed by atoms with Crippen LogP contribution < -0.4 is 9.88 Å². The van der Waals surface area contributed by atoms with Crippen LogP contribution in [0.5, 0.6) is 5.75 Å². The molecule has 4 nitrogen and oxygen atoms in total. The maximum Gasteiger partial charge on any atom is 0.238 e. The molecule has 1 aromatic rings. The van der Waals surface area contributed by atoms with Crippen LogP contribution in [0.3, 0.4) is 0 Å². The van der Waals surface area contributed by atoms with Gasteiger partial charge in [0.05, 0.1) is 15.6 Å². The molecule has 0 saturated carbocycles. The highest BCUT2D eigenvalue weighted by Crippen LogP contribution is 2.23. The SMILES string of the molecule is COc1cc(S(N)(=O)=O)ccc1I. The van der Waals surface area contributed by atoms with Gasteiger partial charge in [0, 0.05) is 6.07 Å². The summed E-state index contributed by atoms with van der Waals surface area (Å²) in [5, 5.41) is 4.94. The first kappa shape index (κ1) is 10.7. The Labute approximate surface area is 90.3 Å². The summed E-state index contributed by atoms with van der Waals surface area (Å²) in [5.74, 6) is 0.507. The monoisotopic (exact) mass is 313 g/mol. The number of hydrogen-bond donors (Lipinski definition) is 1. The first-order valence-electron chi connectivity index (χ1n) is 3.31. The quantitative estimate of drug-likeness (QED) is 0.827. The average Bonchev–Trinajstić information content (AvgIpc) is 2.03. The minimum atomic E-state index is -3.64. The fourth-order valence-electron chi connectivity index (χ4n) is 0.817. The van der Waals surface area contributed by atoms with Gasteiger partial charge in [0.2, 0.25) is 10.0 Å². The zero-order chi connectivity index (χ0) is 10.1. The predicted octanol–water partition coefficient (Wildman–Crippen LogP) is 0.947. The van der Waals surface area contributed by atoms with Crippen LogP contribution in [0.15, 0.2) is 23.1 Å². The number of methoxy groups -OCH3 is 1. The second-order valence-electron chi connectivity index (χ2n) is 2.34. The third-order valence-corrected chi connectivity index (χ3v) is 3.25. The molecule has 6 heteroatoms. The van der Waals surface area contributed by atoms with Crippen molar-refractivity contribution in [1.82, 2.24) is 0 Å². The van der Waals surface area contributed by atoms with Crippen molar-refractivity contribution < 1.29 is 13.2 Å². The summed E-state index contributed by atoms with van der Waals surface area (Å²) in [6.07, 6.45) is 0. The number of benzene rings is 1. The molecular formula is C7H8INO3S. The standard InChI is InChI=1S/C7H8INO3S/c1-12-7-4-5(13(9,10)11)2-3-6(7)8/h2-4H,1H3,(H2,9,10,11). The van der Waals surface area contributed by atoms with Crippen LogP contribution in [0.4, 0.5) is 0 Å². The van der Waals surface area contributed by atoms with E-state index in [9.17, 15) is 8.42 Å². The van der Waals surface area contributed by atoms with Gasteiger partial charge in [0.1, 0.15) is 5.75 Å². The smallest absolute Gasteiger partial charge is 0.238 e. The van der Waals surface area contributed by atoms with Gasteiger partial charge in [-0.15, -0.1) is 0 Å². The third kappa shape index (κ3) is 2.55. The molecule has 0 aromatic heterocycles. The van der Waals surface area contributed by atoms with Crippen molar-refractivity contribution in [1.29, 1.82) is 0 Å². The van der Waals surface area contributed by atoms with Crippen LogP contribution in [-0.4, -0.2) is 15.5 Å². The average molecular weight is 313 g/mol. The molecule has 0 amide bonds. The van der Waals surface area contributed by atoms with Crippen LogP contribution >= 0.6 is 22.6 Å². The predicted molar refractivity (Wildman–Crippen MR) is 57.1 cm³/mol. The highest BCUT2D eigenvalue weighted by molar-refractivity contribution is 14.1. The van der Waals surface area contributed by atoms with Gasteiger partial charge in [0.25, 0.3) is 0 Å². The molecule has 13 heavy (non-hydrogen) atoms. The van der Waals surface area contributed by atoms with Gasteiger partial charge < -0.3 is 4.74 Å². The highest BCUT2D eigenvalue weighted by atomic mass is 127. The van der Waals surface area contributed by atoms with E-state index >= 15 is 0 Å². The van der Waals surface area contributed by atoms with Gasteiger partial charge in [0.15, 0.2) is 0 Å². The molecule has 0 spiro atoms. The molecular weight excluding hydrogens is 305 g/mol. The maximum atomic E-state index is 10.9. The normalized spacial score (nSPS) is 11.3. The number of hydrogen-bond acceptors (Lipinski definition) is 3. The Bertz CT molecular complexity index is 416. The van der Waals surface area contributed by atoms with Gasteiger partial charge in [-0.05, 0) is 34.7 Å². The van der Waals surface area contributed by atoms with Crippen molar-refractivity contribution in [3.63, 3.8) is 0 Å². The fourth-order valence-corrected chi connectivity index (χ4v) is 1.90. The number of rotatable bonds is 2. The van der Waals surface area contributed by atoms with E-state index in [1.807, 2.05) is 22.6 Å². The minimum absolute atomic E-state index is 0.0600. The summed E-state index contributed by atoms with van der Waals surface area (Å²) < 4.78 is 27.7. The van der Waals surface area contributed by atoms with E-state index in [0.29, 0.717) is 5.75 Å². The van der Waals surface area contributed by atoms with Crippen molar-refractivity contribution >= 4 is 32.6 Å². The van der Waals surface area contributed by atoms with E-state index in [4.69, 9.17) is 9.88 Å². The zero-order valence-corrected chi connectivity index (χ0v) is 9.79. The molecule has 72 valence electrons. The second-order valence-corrected chi connectivity index (χ2v) is 5.06. The number of ether oxygens (including phenoxy) is 1. The van der Waals surface area contributed by atoms with Gasteiger partial charge in [-0.3, -0.25) is 0 Å². The Balaban J connectivity index is 3.30. The fraction of sp³-hybridized carbons (Fsp3) is 0.143. The summed E-state index contributed by atoms with van der Waals surface area (Å²) in [7, 11) is -2.16. The molecule has 0 atom stereocenters. The van der Waals surface area contributed by atoms with E-state index < -0.39 is 10.0 Å². The molecule has 0 aliphatic rings. The largest absolute Gasteiger partial charge is 0.496 e. The molecule has 1 aromatic carbocycles. The Kier molecular flexibility index (Phi) is 3.14. The topological polar surface area (TPSA) is 69.4 Å². The van der Waals surface area contributed by atoms with Crippen molar-refractivity contribution in [2.24, 2.45) is 5.14 Å². The summed E-state index contributed by atoms with van der Waals surface area (Å²) in [4.78, 5) is 0.0600. The lowest BCUT2D eigenvalue weighted by Crippen LogP contribution is -2.12. The Morgan fingerprint density at radius 2 is 2.08 bits per heavy atom. The molecule has 1 rings (SSSR count). The Morgan fingerprint density at radius 3 is 2.54 bits per heavy atom. The zero-order valence-electron chi connectivity index (χ0n) is 6.82. The molecule has 2 N–H and O–H groups in total. The lowest BCUT2D eigenvalue weighted by Gasteiger charge is -2.04. The third-order valence-electron chi connectivity index (χ3n) is 1.45. The van der Waals surface area contributed by atoms with Crippen LogP contribution in [0.1, 0.15) is 0 Å². The first-order valence-corrected chi connectivity index (χ1v) is 5.94. The Morgan fingerprint density at radius 1 is 1.46 bits per heavy atom. The van der Waals surface area contributed by atoms with E-state index in [0.717, 1.165) is 3.57 Å². The van der Waals surface area contributed by atoms with Crippen molar-refractivity contribution in [2.75, 3.05) is 7.11 Å². The molecule has 0 saturated heterocycles. The van der Waals surface area contributed by atoms with Crippen molar-refractivity contribution in [3.8, 4) is 5.75 Å². The number of nitrogens with two attached hydrogens (primary N) is 1. The van der Waals surface area contributed by atoms with E-state index in [1.54, 1.807) is 6.07 Å². The molecule has 0 fully saturated rings. The number of halogens is 1. The van der Waals surface area contributed by atoms with Crippen LogP contribution in [0.25, 0.3) is 0 Å². The van der Waals surface area contributed by atoms with Crippen LogP contribution in [0.2, 0.25) is 0 Å². The molecule has 0 bridgehead atoms. The summed E-state index contributed by atoms with van der Waals surface area (Å²) in [5.41, 5.74) is 0. The van der Waals surface area contributed by atoms with Crippen molar-refractivity contribution in [2.45, 2.75) is 4.90 Å². The number of primary sulfonamides is 1. The first-order chi connectivity index (χ1) is 5.95. The maximum absolute atomic E-state index is 10.9. The van der Waals surface area contributed by atoms with Crippen LogP contribution in [-0.2, 0) is 10.0 Å². The van der Waals surface area contributed by atoms with E-state index in [1.165, 1.54) is 19.2 Å². The lowest BCUT2D eigenvalue weighted by molar-refractivity contribution is 0.410. The summed E-state index contributed by atoms with van der Waals surface area (Å²) in [6.45, 7) is 0. The minimum Gasteiger partial charge on any atom is -0.496 e.